The number of benzene rings is 1. The van der Waals surface area contributed by atoms with Gasteiger partial charge in [0.25, 0.3) is 0 Å². The van der Waals surface area contributed by atoms with Crippen molar-refractivity contribution < 1.29 is 4.74 Å². The molecule has 0 amide bonds. The zero-order chi connectivity index (χ0) is 15.2. The van der Waals surface area contributed by atoms with Gasteiger partial charge in [0.1, 0.15) is 5.75 Å². The summed E-state index contributed by atoms with van der Waals surface area (Å²) >= 11 is 0. The number of aromatic nitrogens is 1. The SMILES string of the molecule is CC(C)NCc1cccc(Oc2ccc(C(C)C)cc2)n1. The second-order valence-electron chi connectivity index (χ2n) is 5.83. The highest BCUT2D eigenvalue weighted by molar-refractivity contribution is 5.32. The molecule has 0 saturated carbocycles. The Hall–Kier alpha value is -1.87. The number of nitrogens with one attached hydrogen (secondary N) is 1. The smallest absolute Gasteiger partial charge is 0.219 e. The summed E-state index contributed by atoms with van der Waals surface area (Å²) < 4.78 is 5.82. The first-order chi connectivity index (χ1) is 10.0. The Morgan fingerprint density at radius 1 is 1.00 bits per heavy atom. The van der Waals surface area contributed by atoms with Crippen LogP contribution in [0.5, 0.6) is 11.6 Å². The van der Waals surface area contributed by atoms with E-state index < -0.39 is 0 Å². The number of rotatable bonds is 6. The molecular weight excluding hydrogens is 260 g/mol. The second-order valence-corrected chi connectivity index (χ2v) is 5.83. The molecule has 0 spiro atoms. The highest BCUT2D eigenvalue weighted by atomic mass is 16.5. The fourth-order valence-electron chi connectivity index (χ4n) is 1.96. The lowest BCUT2D eigenvalue weighted by molar-refractivity contribution is 0.458. The van der Waals surface area contributed by atoms with Crippen molar-refractivity contribution in [2.45, 2.75) is 46.2 Å². The quantitative estimate of drug-likeness (QED) is 0.848. The third kappa shape index (κ3) is 4.87. The summed E-state index contributed by atoms with van der Waals surface area (Å²) in [5.41, 5.74) is 2.30. The lowest BCUT2D eigenvalue weighted by Crippen LogP contribution is -2.22. The van der Waals surface area contributed by atoms with Gasteiger partial charge in [-0.1, -0.05) is 45.9 Å². The molecule has 1 aromatic heterocycles. The van der Waals surface area contributed by atoms with Crippen LogP contribution in [-0.2, 0) is 6.54 Å². The van der Waals surface area contributed by atoms with E-state index in [9.17, 15) is 0 Å². The normalized spacial score (nSPS) is 11.1. The van der Waals surface area contributed by atoms with Crippen molar-refractivity contribution in [3.8, 4) is 11.6 Å². The number of ether oxygens (including phenoxy) is 1. The second kappa shape index (κ2) is 7.23. The molecule has 0 aliphatic carbocycles. The van der Waals surface area contributed by atoms with Gasteiger partial charge in [-0.05, 0) is 29.7 Å². The molecule has 1 heterocycles. The maximum absolute atomic E-state index is 5.82. The Balaban J connectivity index is 2.03. The highest BCUT2D eigenvalue weighted by Crippen LogP contribution is 2.22. The molecule has 0 unspecified atom stereocenters. The van der Waals surface area contributed by atoms with E-state index in [0.717, 1.165) is 18.0 Å². The Kier molecular flexibility index (Phi) is 5.34. The monoisotopic (exact) mass is 284 g/mol. The van der Waals surface area contributed by atoms with Gasteiger partial charge in [-0.25, -0.2) is 4.98 Å². The third-order valence-corrected chi connectivity index (χ3v) is 3.24. The third-order valence-electron chi connectivity index (χ3n) is 3.24. The summed E-state index contributed by atoms with van der Waals surface area (Å²) in [6.07, 6.45) is 0. The van der Waals surface area contributed by atoms with Gasteiger partial charge in [0, 0.05) is 18.7 Å². The van der Waals surface area contributed by atoms with E-state index in [0.29, 0.717) is 17.8 Å². The highest BCUT2D eigenvalue weighted by Gasteiger charge is 2.03. The molecule has 0 fully saturated rings. The zero-order valence-corrected chi connectivity index (χ0v) is 13.3. The molecule has 1 aromatic carbocycles. The largest absolute Gasteiger partial charge is 0.439 e. The van der Waals surface area contributed by atoms with Crippen molar-refractivity contribution in [3.05, 3.63) is 53.7 Å². The van der Waals surface area contributed by atoms with Crippen LogP contribution in [0.3, 0.4) is 0 Å². The maximum atomic E-state index is 5.82. The van der Waals surface area contributed by atoms with Crippen molar-refractivity contribution in [2.24, 2.45) is 0 Å². The predicted octanol–water partition coefficient (Wildman–Crippen LogP) is 4.50. The minimum absolute atomic E-state index is 0.444. The molecule has 0 aliphatic heterocycles. The van der Waals surface area contributed by atoms with Gasteiger partial charge in [0.2, 0.25) is 5.88 Å². The minimum Gasteiger partial charge on any atom is -0.439 e. The molecule has 2 rings (SSSR count). The first kappa shape index (κ1) is 15.5. The van der Waals surface area contributed by atoms with E-state index in [2.05, 4.69) is 50.1 Å². The van der Waals surface area contributed by atoms with Crippen LogP contribution in [0.1, 0.15) is 44.9 Å². The fraction of sp³-hybridized carbons (Fsp3) is 0.389. The van der Waals surface area contributed by atoms with Gasteiger partial charge < -0.3 is 10.1 Å². The van der Waals surface area contributed by atoms with Crippen LogP contribution in [0.2, 0.25) is 0 Å². The van der Waals surface area contributed by atoms with Gasteiger partial charge in [-0.2, -0.15) is 0 Å². The number of hydrogen-bond donors (Lipinski definition) is 1. The predicted molar refractivity (Wildman–Crippen MR) is 86.8 cm³/mol. The number of pyridine rings is 1. The molecule has 1 N–H and O–H groups in total. The summed E-state index contributed by atoms with van der Waals surface area (Å²) in [7, 11) is 0. The van der Waals surface area contributed by atoms with E-state index in [1.165, 1.54) is 5.56 Å². The lowest BCUT2D eigenvalue weighted by atomic mass is 10.0. The Morgan fingerprint density at radius 3 is 2.33 bits per heavy atom. The van der Waals surface area contributed by atoms with Crippen LogP contribution < -0.4 is 10.1 Å². The topological polar surface area (TPSA) is 34.1 Å². The Labute approximate surface area is 127 Å². The maximum Gasteiger partial charge on any atom is 0.219 e. The summed E-state index contributed by atoms with van der Waals surface area (Å²) in [6.45, 7) is 9.36. The van der Waals surface area contributed by atoms with Crippen LogP contribution in [0.25, 0.3) is 0 Å². The molecular formula is C18H24N2O. The van der Waals surface area contributed by atoms with Gasteiger partial charge in [-0.3, -0.25) is 0 Å². The minimum atomic E-state index is 0.444. The van der Waals surface area contributed by atoms with E-state index >= 15 is 0 Å². The fourth-order valence-corrected chi connectivity index (χ4v) is 1.96. The summed E-state index contributed by atoms with van der Waals surface area (Å²) in [4.78, 5) is 4.51. The van der Waals surface area contributed by atoms with Crippen LogP contribution in [0.15, 0.2) is 42.5 Å². The standard InChI is InChI=1S/C18H24N2O/c1-13(2)15-8-10-17(11-9-15)21-18-7-5-6-16(20-18)12-19-14(3)4/h5-11,13-14,19H,12H2,1-4H3. The number of hydrogen-bond acceptors (Lipinski definition) is 3. The van der Waals surface area contributed by atoms with Crippen molar-refractivity contribution in [3.63, 3.8) is 0 Å². The molecule has 0 saturated heterocycles. The van der Waals surface area contributed by atoms with E-state index in [-0.39, 0.29) is 0 Å². The van der Waals surface area contributed by atoms with Crippen molar-refractivity contribution in [2.75, 3.05) is 0 Å². The molecule has 21 heavy (non-hydrogen) atoms. The van der Waals surface area contributed by atoms with Crippen LogP contribution in [0.4, 0.5) is 0 Å². The molecule has 2 aromatic rings. The van der Waals surface area contributed by atoms with E-state index in [4.69, 9.17) is 4.74 Å². The molecule has 3 heteroatoms. The molecule has 0 aliphatic rings. The first-order valence-electron chi connectivity index (χ1n) is 7.51. The van der Waals surface area contributed by atoms with Crippen LogP contribution in [-0.4, -0.2) is 11.0 Å². The van der Waals surface area contributed by atoms with Gasteiger partial charge in [0.15, 0.2) is 0 Å². The van der Waals surface area contributed by atoms with Crippen molar-refractivity contribution >= 4 is 0 Å². The van der Waals surface area contributed by atoms with Crippen molar-refractivity contribution in [1.29, 1.82) is 0 Å². The summed E-state index contributed by atoms with van der Waals surface area (Å²) in [6, 6.07) is 14.5. The van der Waals surface area contributed by atoms with E-state index in [1.807, 2.05) is 30.3 Å². The molecule has 3 nitrogen and oxygen atoms in total. The molecule has 0 bridgehead atoms. The van der Waals surface area contributed by atoms with Gasteiger partial charge >= 0.3 is 0 Å². The lowest BCUT2D eigenvalue weighted by Gasteiger charge is -2.10. The Morgan fingerprint density at radius 2 is 1.71 bits per heavy atom. The summed E-state index contributed by atoms with van der Waals surface area (Å²) in [5, 5.41) is 3.35. The van der Waals surface area contributed by atoms with E-state index in [1.54, 1.807) is 0 Å². The van der Waals surface area contributed by atoms with Crippen LogP contribution in [0, 0.1) is 0 Å². The van der Waals surface area contributed by atoms with Gasteiger partial charge in [0.05, 0.1) is 5.69 Å². The average Bonchev–Trinajstić information content (AvgIpc) is 2.46. The van der Waals surface area contributed by atoms with Crippen LogP contribution >= 0.6 is 0 Å². The molecule has 0 radical (unpaired) electrons. The zero-order valence-electron chi connectivity index (χ0n) is 13.3. The summed E-state index contributed by atoms with van der Waals surface area (Å²) in [5.74, 6) is 1.99. The average molecular weight is 284 g/mol. The first-order valence-corrected chi connectivity index (χ1v) is 7.51. The number of nitrogens with zero attached hydrogens (tertiary/aromatic N) is 1. The molecule has 0 atom stereocenters. The molecule has 112 valence electrons. The van der Waals surface area contributed by atoms with Crippen molar-refractivity contribution in [1.82, 2.24) is 10.3 Å². The van der Waals surface area contributed by atoms with Gasteiger partial charge in [-0.15, -0.1) is 0 Å². The Bertz CT molecular complexity index is 562.